The SMILES string of the molecule is CCC(C)(C)C(=O)NC1CCCCCCC1. The third kappa shape index (κ3) is 4.15. The first-order chi connectivity index (χ1) is 7.56. The molecule has 0 heterocycles. The van der Waals surface area contributed by atoms with Crippen molar-refractivity contribution >= 4 is 5.91 Å². The number of carbonyl (C=O) groups excluding carboxylic acids is 1. The molecule has 0 aromatic rings. The Morgan fingerprint density at radius 2 is 1.62 bits per heavy atom. The van der Waals surface area contributed by atoms with Gasteiger partial charge in [0.1, 0.15) is 0 Å². The lowest BCUT2D eigenvalue weighted by molar-refractivity contribution is -0.130. The first kappa shape index (κ1) is 13.5. The van der Waals surface area contributed by atoms with Crippen LogP contribution in [0.25, 0.3) is 0 Å². The molecule has 1 amide bonds. The molecule has 0 atom stereocenters. The van der Waals surface area contributed by atoms with Gasteiger partial charge in [0.25, 0.3) is 0 Å². The van der Waals surface area contributed by atoms with Crippen LogP contribution < -0.4 is 5.32 Å². The van der Waals surface area contributed by atoms with E-state index in [1.165, 1.54) is 44.9 Å². The maximum absolute atomic E-state index is 12.1. The minimum atomic E-state index is -0.206. The molecule has 2 nitrogen and oxygen atoms in total. The Balaban J connectivity index is 2.42. The molecule has 0 aromatic carbocycles. The highest BCUT2D eigenvalue weighted by molar-refractivity contribution is 5.81. The van der Waals surface area contributed by atoms with E-state index in [2.05, 4.69) is 12.2 Å². The van der Waals surface area contributed by atoms with E-state index < -0.39 is 0 Å². The van der Waals surface area contributed by atoms with Crippen molar-refractivity contribution in [1.29, 1.82) is 0 Å². The summed E-state index contributed by atoms with van der Waals surface area (Å²) in [6.45, 7) is 6.15. The Bertz CT molecular complexity index is 215. The molecule has 0 unspecified atom stereocenters. The second-order valence-electron chi connectivity index (χ2n) is 5.75. The van der Waals surface area contributed by atoms with Crippen LogP contribution in [0, 0.1) is 5.41 Å². The van der Waals surface area contributed by atoms with E-state index in [1.54, 1.807) is 0 Å². The van der Waals surface area contributed by atoms with Gasteiger partial charge in [-0.25, -0.2) is 0 Å². The van der Waals surface area contributed by atoms with E-state index in [9.17, 15) is 4.79 Å². The molecular formula is C14H27NO. The smallest absolute Gasteiger partial charge is 0.225 e. The summed E-state index contributed by atoms with van der Waals surface area (Å²) in [5.74, 6) is 0.237. The molecule has 1 rings (SSSR count). The molecule has 94 valence electrons. The molecule has 0 aliphatic heterocycles. The number of carbonyl (C=O) groups is 1. The molecule has 0 bridgehead atoms. The predicted octanol–water partition coefficient (Wildman–Crippen LogP) is 3.65. The van der Waals surface area contributed by atoms with Gasteiger partial charge in [0.05, 0.1) is 0 Å². The first-order valence-electron chi connectivity index (χ1n) is 6.87. The van der Waals surface area contributed by atoms with Crippen LogP contribution >= 0.6 is 0 Å². The van der Waals surface area contributed by atoms with Crippen LogP contribution in [-0.2, 0) is 4.79 Å². The maximum Gasteiger partial charge on any atom is 0.225 e. The van der Waals surface area contributed by atoms with E-state index in [0.717, 1.165) is 6.42 Å². The minimum absolute atomic E-state index is 0.206. The fraction of sp³-hybridized carbons (Fsp3) is 0.929. The van der Waals surface area contributed by atoms with Gasteiger partial charge in [-0.3, -0.25) is 4.79 Å². The number of hydrogen-bond acceptors (Lipinski definition) is 1. The molecule has 1 N–H and O–H groups in total. The van der Waals surface area contributed by atoms with Crippen LogP contribution in [0.4, 0.5) is 0 Å². The van der Waals surface area contributed by atoms with E-state index in [1.807, 2.05) is 13.8 Å². The summed E-state index contributed by atoms with van der Waals surface area (Å²) >= 11 is 0. The molecule has 16 heavy (non-hydrogen) atoms. The van der Waals surface area contributed by atoms with Crippen molar-refractivity contribution in [2.75, 3.05) is 0 Å². The molecule has 0 aromatic heterocycles. The van der Waals surface area contributed by atoms with Crippen LogP contribution in [-0.4, -0.2) is 11.9 Å². The zero-order valence-electron chi connectivity index (χ0n) is 11.1. The summed E-state index contributed by atoms with van der Waals surface area (Å²) < 4.78 is 0. The summed E-state index contributed by atoms with van der Waals surface area (Å²) in [7, 11) is 0. The molecule has 0 radical (unpaired) electrons. The molecule has 0 spiro atoms. The Morgan fingerprint density at radius 3 is 2.12 bits per heavy atom. The van der Waals surface area contributed by atoms with Crippen molar-refractivity contribution in [1.82, 2.24) is 5.32 Å². The quantitative estimate of drug-likeness (QED) is 0.780. The van der Waals surface area contributed by atoms with Crippen molar-refractivity contribution in [3.05, 3.63) is 0 Å². The normalized spacial score (nSPS) is 19.9. The monoisotopic (exact) mass is 225 g/mol. The van der Waals surface area contributed by atoms with Crippen LogP contribution in [0.15, 0.2) is 0 Å². The van der Waals surface area contributed by atoms with E-state index in [4.69, 9.17) is 0 Å². The summed E-state index contributed by atoms with van der Waals surface area (Å²) in [5, 5.41) is 3.24. The lowest BCUT2D eigenvalue weighted by Gasteiger charge is -2.27. The number of rotatable bonds is 3. The van der Waals surface area contributed by atoms with Crippen molar-refractivity contribution < 1.29 is 4.79 Å². The first-order valence-corrected chi connectivity index (χ1v) is 6.87. The third-order valence-electron chi connectivity index (χ3n) is 3.94. The largest absolute Gasteiger partial charge is 0.353 e. The second kappa shape index (κ2) is 6.27. The van der Waals surface area contributed by atoms with Crippen LogP contribution in [0.2, 0.25) is 0 Å². The van der Waals surface area contributed by atoms with Crippen LogP contribution in [0.3, 0.4) is 0 Å². The average Bonchev–Trinajstić information content (AvgIpc) is 2.21. The number of hydrogen-bond donors (Lipinski definition) is 1. The summed E-state index contributed by atoms with van der Waals surface area (Å²) in [6.07, 6.45) is 9.85. The topological polar surface area (TPSA) is 29.1 Å². The van der Waals surface area contributed by atoms with Gasteiger partial charge in [-0.2, -0.15) is 0 Å². The summed E-state index contributed by atoms with van der Waals surface area (Å²) in [4.78, 5) is 12.1. The van der Waals surface area contributed by atoms with Crippen molar-refractivity contribution in [3.8, 4) is 0 Å². The van der Waals surface area contributed by atoms with Gasteiger partial charge < -0.3 is 5.32 Å². The van der Waals surface area contributed by atoms with Gasteiger partial charge in [-0.05, 0) is 19.3 Å². The Hall–Kier alpha value is -0.530. The predicted molar refractivity (Wildman–Crippen MR) is 68.3 cm³/mol. The fourth-order valence-corrected chi connectivity index (χ4v) is 2.14. The summed E-state index contributed by atoms with van der Waals surface area (Å²) in [6, 6.07) is 0.429. The van der Waals surface area contributed by atoms with Crippen molar-refractivity contribution in [2.24, 2.45) is 5.41 Å². The molecular weight excluding hydrogens is 198 g/mol. The second-order valence-corrected chi connectivity index (χ2v) is 5.75. The fourth-order valence-electron chi connectivity index (χ4n) is 2.14. The molecule has 1 aliphatic carbocycles. The molecule has 1 fully saturated rings. The van der Waals surface area contributed by atoms with E-state index >= 15 is 0 Å². The lowest BCUT2D eigenvalue weighted by Crippen LogP contribution is -2.42. The zero-order valence-corrected chi connectivity index (χ0v) is 11.1. The number of nitrogens with one attached hydrogen (secondary N) is 1. The van der Waals surface area contributed by atoms with Crippen molar-refractivity contribution in [2.45, 2.75) is 78.2 Å². The molecule has 0 saturated heterocycles. The van der Waals surface area contributed by atoms with Gasteiger partial charge in [-0.1, -0.05) is 52.9 Å². The van der Waals surface area contributed by atoms with Gasteiger partial charge in [0.15, 0.2) is 0 Å². The van der Waals surface area contributed by atoms with Gasteiger partial charge >= 0.3 is 0 Å². The highest BCUT2D eigenvalue weighted by atomic mass is 16.2. The standard InChI is InChI=1S/C14H27NO/c1-4-14(2,3)13(16)15-12-10-8-6-5-7-9-11-12/h12H,4-11H2,1-3H3,(H,15,16). The zero-order chi connectivity index (χ0) is 12.0. The van der Waals surface area contributed by atoms with Crippen LogP contribution in [0.1, 0.15) is 72.1 Å². The third-order valence-corrected chi connectivity index (χ3v) is 3.94. The van der Waals surface area contributed by atoms with Gasteiger partial charge in [0.2, 0.25) is 5.91 Å². The molecule has 1 aliphatic rings. The lowest BCUT2D eigenvalue weighted by atomic mass is 9.88. The highest BCUT2D eigenvalue weighted by Crippen LogP contribution is 2.22. The Labute approximate surface area is 100 Å². The Kier molecular flexibility index (Phi) is 5.30. The van der Waals surface area contributed by atoms with E-state index in [-0.39, 0.29) is 11.3 Å². The minimum Gasteiger partial charge on any atom is -0.353 e. The van der Waals surface area contributed by atoms with Gasteiger partial charge in [-0.15, -0.1) is 0 Å². The van der Waals surface area contributed by atoms with Crippen molar-refractivity contribution in [3.63, 3.8) is 0 Å². The highest BCUT2D eigenvalue weighted by Gasteiger charge is 2.27. The van der Waals surface area contributed by atoms with Crippen LogP contribution in [0.5, 0.6) is 0 Å². The maximum atomic E-state index is 12.1. The molecule has 1 saturated carbocycles. The summed E-state index contributed by atoms with van der Waals surface area (Å²) in [5.41, 5.74) is -0.206. The van der Waals surface area contributed by atoms with E-state index in [0.29, 0.717) is 6.04 Å². The van der Waals surface area contributed by atoms with Gasteiger partial charge in [0, 0.05) is 11.5 Å². The average molecular weight is 225 g/mol. The Morgan fingerprint density at radius 1 is 1.12 bits per heavy atom. The molecule has 2 heteroatoms. The number of amides is 1.